The van der Waals surface area contributed by atoms with Crippen molar-refractivity contribution in [3.8, 4) is 17.2 Å². The Balaban J connectivity index is 1.39. The highest BCUT2D eigenvalue weighted by molar-refractivity contribution is 5.74. The van der Waals surface area contributed by atoms with Gasteiger partial charge in [0.25, 0.3) is 0 Å². The Bertz CT molecular complexity index is 535. The first-order valence-electron chi connectivity index (χ1n) is 7.77. The molecule has 6 heteroatoms. The molecule has 1 N–H and O–H groups in total. The van der Waals surface area contributed by atoms with E-state index >= 15 is 0 Å². The average Bonchev–Trinajstić information content (AvgIpc) is 2.99. The van der Waals surface area contributed by atoms with Gasteiger partial charge in [0.05, 0.1) is 6.54 Å². The van der Waals surface area contributed by atoms with Gasteiger partial charge in [-0.2, -0.15) is 0 Å². The number of likely N-dealkylation sites (tertiary alicyclic amines) is 1. The van der Waals surface area contributed by atoms with Crippen LogP contribution in [0.25, 0.3) is 0 Å². The van der Waals surface area contributed by atoms with E-state index in [1.807, 2.05) is 17.0 Å². The van der Waals surface area contributed by atoms with Crippen molar-refractivity contribution in [2.45, 2.75) is 19.8 Å². The predicted octanol–water partition coefficient (Wildman–Crippen LogP) is 2.24. The minimum atomic E-state index is 0.000775. The first-order valence-corrected chi connectivity index (χ1v) is 7.77. The second-order valence-corrected chi connectivity index (χ2v) is 5.79. The van der Waals surface area contributed by atoms with Crippen LogP contribution in [0, 0.1) is 5.92 Å². The van der Waals surface area contributed by atoms with Crippen LogP contribution in [0.2, 0.25) is 0 Å². The molecule has 2 aliphatic heterocycles. The lowest BCUT2D eigenvalue weighted by Crippen LogP contribution is -2.45. The molecule has 1 atom stereocenters. The van der Waals surface area contributed by atoms with Crippen LogP contribution in [-0.2, 0) is 0 Å². The van der Waals surface area contributed by atoms with Crippen LogP contribution in [0.15, 0.2) is 18.2 Å². The second kappa shape index (κ2) is 6.77. The minimum absolute atomic E-state index is 0.000775. The molecule has 0 aromatic heterocycles. The van der Waals surface area contributed by atoms with Crippen LogP contribution in [-0.4, -0.2) is 44.0 Å². The largest absolute Gasteiger partial charge is 0.492 e. The monoisotopic (exact) mass is 306 g/mol. The van der Waals surface area contributed by atoms with Gasteiger partial charge in [-0.1, -0.05) is 6.92 Å². The van der Waals surface area contributed by atoms with E-state index in [-0.39, 0.29) is 12.8 Å². The molecule has 2 heterocycles. The van der Waals surface area contributed by atoms with Crippen molar-refractivity contribution in [3.05, 3.63) is 18.2 Å². The summed E-state index contributed by atoms with van der Waals surface area (Å²) in [5.74, 6) is 2.73. The van der Waals surface area contributed by atoms with Gasteiger partial charge in [0.2, 0.25) is 6.79 Å². The molecule has 0 radical (unpaired) electrons. The van der Waals surface area contributed by atoms with E-state index in [0.717, 1.165) is 25.3 Å². The van der Waals surface area contributed by atoms with Gasteiger partial charge >= 0.3 is 6.03 Å². The summed E-state index contributed by atoms with van der Waals surface area (Å²) in [6.45, 7) is 5.03. The van der Waals surface area contributed by atoms with Crippen molar-refractivity contribution >= 4 is 6.03 Å². The van der Waals surface area contributed by atoms with Crippen LogP contribution in [0.3, 0.4) is 0 Å². The van der Waals surface area contributed by atoms with Crippen LogP contribution < -0.4 is 19.5 Å². The number of urea groups is 1. The Morgan fingerprint density at radius 2 is 2.27 bits per heavy atom. The first kappa shape index (κ1) is 14.8. The van der Waals surface area contributed by atoms with E-state index in [1.54, 1.807) is 6.07 Å². The number of benzene rings is 1. The summed E-state index contributed by atoms with van der Waals surface area (Å²) in [6, 6.07) is 5.46. The third-order valence-corrected chi connectivity index (χ3v) is 3.94. The predicted molar refractivity (Wildman–Crippen MR) is 81.4 cm³/mol. The summed E-state index contributed by atoms with van der Waals surface area (Å²) >= 11 is 0. The van der Waals surface area contributed by atoms with Gasteiger partial charge in [-0.25, -0.2) is 4.79 Å². The van der Waals surface area contributed by atoms with E-state index in [9.17, 15) is 4.79 Å². The summed E-state index contributed by atoms with van der Waals surface area (Å²) in [7, 11) is 0. The summed E-state index contributed by atoms with van der Waals surface area (Å²) in [6.07, 6.45) is 2.29. The van der Waals surface area contributed by atoms with Gasteiger partial charge in [0, 0.05) is 19.2 Å². The van der Waals surface area contributed by atoms with Crippen LogP contribution in [0.4, 0.5) is 4.79 Å². The zero-order chi connectivity index (χ0) is 15.4. The number of fused-ring (bicyclic) bond motifs is 1. The highest BCUT2D eigenvalue weighted by Gasteiger charge is 2.20. The molecular formula is C16H22N2O4. The van der Waals surface area contributed by atoms with Gasteiger partial charge in [-0.05, 0) is 30.9 Å². The van der Waals surface area contributed by atoms with E-state index in [2.05, 4.69) is 12.2 Å². The number of hydrogen-bond acceptors (Lipinski definition) is 4. The number of nitrogens with one attached hydrogen (secondary N) is 1. The van der Waals surface area contributed by atoms with Crippen molar-refractivity contribution in [2.75, 3.05) is 33.0 Å². The molecule has 22 heavy (non-hydrogen) atoms. The van der Waals surface area contributed by atoms with Crippen LogP contribution in [0.1, 0.15) is 19.8 Å². The molecule has 1 saturated heterocycles. The maximum atomic E-state index is 12.0. The summed E-state index contributed by atoms with van der Waals surface area (Å²) in [5, 5.41) is 2.90. The molecule has 0 saturated carbocycles. The Morgan fingerprint density at radius 1 is 1.41 bits per heavy atom. The van der Waals surface area contributed by atoms with Crippen molar-refractivity contribution < 1.29 is 19.0 Å². The maximum Gasteiger partial charge on any atom is 0.317 e. The number of rotatable bonds is 4. The average molecular weight is 306 g/mol. The topological polar surface area (TPSA) is 60.0 Å². The van der Waals surface area contributed by atoms with Gasteiger partial charge in [0.15, 0.2) is 11.5 Å². The van der Waals surface area contributed by atoms with E-state index < -0.39 is 0 Å². The fraction of sp³-hybridized carbons (Fsp3) is 0.562. The van der Waals surface area contributed by atoms with Crippen molar-refractivity contribution in [1.82, 2.24) is 10.2 Å². The SMILES string of the molecule is CC1CCCN(C(=O)NCCOc2ccc3c(c2)OCO3)C1. The molecular weight excluding hydrogens is 284 g/mol. The maximum absolute atomic E-state index is 12.0. The molecule has 0 spiro atoms. The van der Waals surface area contributed by atoms with E-state index in [4.69, 9.17) is 14.2 Å². The number of carbonyl (C=O) groups excluding carboxylic acids is 1. The summed E-state index contributed by atoms with van der Waals surface area (Å²) in [4.78, 5) is 13.9. The zero-order valence-corrected chi connectivity index (χ0v) is 12.8. The van der Waals surface area contributed by atoms with Gasteiger partial charge in [-0.3, -0.25) is 0 Å². The quantitative estimate of drug-likeness (QED) is 0.867. The molecule has 3 rings (SSSR count). The lowest BCUT2D eigenvalue weighted by atomic mass is 10.0. The number of ether oxygens (including phenoxy) is 3. The number of amides is 2. The van der Waals surface area contributed by atoms with Gasteiger partial charge in [-0.15, -0.1) is 0 Å². The molecule has 2 amide bonds. The number of hydrogen-bond donors (Lipinski definition) is 1. The van der Waals surface area contributed by atoms with Crippen molar-refractivity contribution in [2.24, 2.45) is 5.92 Å². The van der Waals surface area contributed by atoms with E-state index in [1.165, 1.54) is 6.42 Å². The van der Waals surface area contributed by atoms with Crippen molar-refractivity contribution in [1.29, 1.82) is 0 Å². The molecule has 0 aliphatic carbocycles. The lowest BCUT2D eigenvalue weighted by Gasteiger charge is -2.30. The summed E-state index contributed by atoms with van der Waals surface area (Å²) < 4.78 is 16.2. The smallest absolute Gasteiger partial charge is 0.317 e. The van der Waals surface area contributed by atoms with Crippen LogP contribution >= 0.6 is 0 Å². The number of piperidine rings is 1. The fourth-order valence-corrected chi connectivity index (χ4v) is 2.78. The Labute approximate surface area is 130 Å². The minimum Gasteiger partial charge on any atom is -0.492 e. The number of nitrogens with zero attached hydrogens (tertiary/aromatic N) is 1. The standard InChI is InChI=1S/C16H22N2O4/c1-12-3-2-7-18(10-12)16(19)17-6-8-20-13-4-5-14-15(9-13)22-11-21-14/h4-5,9,12H,2-3,6-8,10-11H2,1H3,(H,17,19). The Hall–Kier alpha value is -2.11. The molecule has 120 valence electrons. The van der Waals surface area contributed by atoms with Gasteiger partial charge < -0.3 is 24.4 Å². The molecule has 0 bridgehead atoms. The molecule has 6 nitrogen and oxygen atoms in total. The highest BCUT2D eigenvalue weighted by Crippen LogP contribution is 2.34. The summed E-state index contributed by atoms with van der Waals surface area (Å²) in [5.41, 5.74) is 0. The molecule has 1 unspecified atom stereocenters. The number of carbonyl (C=O) groups is 1. The van der Waals surface area contributed by atoms with Gasteiger partial charge in [0.1, 0.15) is 12.4 Å². The normalized spacial score (nSPS) is 19.9. The van der Waals surface area contributed by atoms with E-state index in [0.29, 0.717) is 30.6 Å². The molecule has 1 aromatic rings. The second-order valence-electron chi connectivity index (χ2n) is 5.79. The molecule has 1 fully saturated rings. The first-order chi connectivity index (χ1) is 10.7. The third kappa shape index (κ3) is 3.55. The zero-order valence-electron chi connectivity index (χ0n) is 12.8. The van der Waals surface area contributed by atoms with Crippen LogP contribution in [0.5, 0.6) is 17.2 Å². The molecule has 1 aromatic carbocycles. The fourth-order valence-electron chi connectivity index (χ4n) is 2.78. The lowest BCUT2D eigenvalue weighted by molar-refractivity contribution is 0.167. The Morgan fingerprint density at radius 3 is 3.14 bits per heavy atom. The molecule has 2 aliphatic rings. The highest BCUT2D eigenvalue weighted by atomic mass is 16.7. The third-order valence-electron chi connectivity index (χ3n) is 3.94. The van der Waals surface area contributed by atoms with Crippen molar-refractivity contribution in [3.63, 3.8) is 0 Å². The Kier molecular flexibility index (Phi) is 4.56.